The number of rotatable bonds is 18. The number of hydrogen-bond acceptors (Lipinski definition) is 7. The van der Waals surface area contributed by atoms with Gasteiger partial charge < -0.3 is 19.3 Å². The van der Waals surface area contributed by atoms with Crippen LogP contribution in [0.2, 0.25) is 0 Å². The second-order valence-electron chi connectivity index (χ2n) is 10.2. The summed E-state index contributed by atoms with van der Waals surface area (Å²) in [5.74, 6) is -11.3. The van der Waals surface area contributed by atoms with Gasteiger partial charge >= 0.3 is 29.8 Å². The predicted octanol–water partition coefficient (Wildman–Crippen LogP) is 6.07. The minimum absolute atomic E-state index is 0.0458. The van der Waals surface area contributed by atoms with Crippen molar-refractivity contribution in [1.29, 1.82) is 0 Å². The summed E-state index contributed by atoms with van der Waals surface area (Å²) in [5.41, 5.74) is -0.804. The Bertz CT molecular complexity index is 798. The van der Waals surface area contributed by atoms with Gasteiger partial charge in [-0.05, 0) is 52.9 Å². The highest BCUT2D eigenvalue weighted by Crippen LogP contribution is 2.42. The molecule has 0 saturated heterocycles. The Hall–Kier alpha value is -2.04. The van der Waals surface area contributed by atoms with Crippen LogP contribution in [-0.4, -0.2) is 58.8 Å². The third-order valence-corrected chi connectivity index (χ3v) is 6.76. The molecule has 0 saturated carbocycles. The number of aliphatic carboxylic acids is 1. The number of halogens is 4. The van der Waals surface area contributed by atoms with Crippen molar-refractivity contribution in [2.24, 2.45) is 17.3 Å². The maximum absolute atomic E-state index is 14.8. The fourth-order valence-corrected chi connectivity index (χ4v) is 3.57. The van der Waals surface area contributed by atoms with Crippen LogP contribution in [0.3, 0.4) is 0 Å². The highest BCUT2D eigenvalue weighted by molar-refractivity contribution is 6.23. The number of ether oxygens (including phenoxy) is 3. The van der Waals surface area contributed by atoms with Crippen molar-refractivity contribution in [3.63, 3.8) is 0 Å². The molecule has 5 atom stereocenters. The molecule has 0 spiro atoms. The van der Waals surface area contributed by atoms with E-state index in [9.17, 15) is 37.5 Å². The molecule has 0 amide bonds. The van der Waals surface area contributed by atoms with Crippen molar-refractivity contribution in [2.75, 3.05) is 6.61 Å². The van der Waals surface area contributed by atoms with E-state index in [1.54, 1.807) is 27.7 Å². The van der Waals surface area contributed by atoms with Crippen LogP contribution < -0.4 is 0 Å². The normalized spacial score (nSPS) is 16.9. The van der Waals surface area contributed by atoms with E-state index in [0.29, 0.717) is 26.2 Å². The number of unbranched alkanes of at least 4 members (excludes halogenated alkanes) is 1. The first-order valence-corrected chi connectivity index (χ1v) is 13.2. The number of carbonyl (C=O) groups excluding carboxylic acids is 3. The molecular formula is C26H42ClF3O8. The Morgan fingerprint density at radius 1 is 0.921 bits per heavy atom. The average Bonchev–Trinajstić information content (AvgIpc) is 2.80. The van der Waals surface area contributed by atoms with Crippen molar-refractivity contribution >= 4 is 35.5 Å². The molecule has 222 valence electrons. The summed E-state index contributed by atoms with van der Waals surface area (Å²) in [6.45, 7) is 9.86. The van der Waals surface area contributed by atoms with Crippen molar-refractivity contribution in [3.8, 4) is 0 Å². The molecular weight excluding hydrogens is 533 g/mol. The maximum Gasteiger partial charge on any atom is 0.330 e. The van der Waals surface area contributed by atoms with Gasteiger partial charge in [0.05, 0.1) is 23.9 Å². The number of carboxylic acid groups (broad SMARTS) is 1. The summed E-state index contributed by atoms with van der Waals surface area (Å²) in [6.07, 6.45) is -3.08. The molecule has 0 fully saturated rings. The molecule has 5 unspecified atom stereocenters. The molecule has 0 heterocycles. The largest absolute Gasteiger partial charge is 0.481 e. The summed E-state index contributed by atoms with van der Waals surface area (Å²) >= 11 is 5.24. The van der Waals surface area contributed by atoms with E-state index in [0.717, 1.165) is 6.92 Å². The smallest absolute Gasteiger partial charge is 0.330 e. The van der Waals surface area contributed by atoms with Crippen molar-refractivity contribution < 1.29 is 51.7 Å². The Balaban J connectivity index is 6.11. The first-order valence-electron chi connectivity index (χ1n) is 12.9. The number of esters is 3. The fraction of sp³-hybridized carbons (Fsp3) is 0.846. The second kappa shape index (κ2) is 15.5. The Kier molecular flexibility index (Phi) is 14.7. The number of alkyl halides is 4. The highest BCUT2D eigenvalue weighted by Gasteiger charge is 2.58. The topological polar surface area (TPSA) is 116 Å². The van der Waals surface area contributed by atoms with Crippen molar-refractivity contribution in [1.82, 2.24) is 0 Å². The zero-order valence-corrected chi connectivity index (χ0v) is 24.0. The summed E-state index contributed by atoms with van der Waals surface area (Å²) < 4.78 is 59.2. The van der Waals surface area contributed by atoms with E-state index in [1.165, 1.54) is 0 Å². The molecule has 38 heavy (non-hydrogen) atoms. The first kappa shape index (κ1) is 36.0. The van der Waals surface area contributed by atoms with Crippen LogP contribution in [0, 0.1) is 17.3 Å². The van der Waals surface area contributed by atoms with Gasteiger partial charge in [0.15, 0.2) is 6.10 Å². The van der Waals surface area contributed by atoms with Crippen molar-refractivity contribution in [2.45, 2.75) is 117 Å². The highest BCUT2D eigenvalue weighted by atomic mass is 35.5. The molecule has 1 N–H and O–H groups in total. The second-order valence-corrected chi connectivity index (χ2v) is 11.0. The van der Waals surface area contributed by atoms with Crippen LogP contribution in [0.25, 0.3) is 0 Å². The van der Waals surface area contributed by atoms with Gasteiger partial charge in [0.1, 0.15) is 6.10 Å². The van der Waals surface area contributed by atoms with Crippen LogP contribution in [0.15, 0.2) is 0 Å². The summed E-state index contributed by atoms with van der Waals surface area (Å²) in [4.78, 5) is 49.0. The molecule has 0 bridgehead atoms. The molecule has 0 aromatic heterocycles. The summed E-state index contributed by atoms with van der Waals surface area (Å²) in [7, 11) is 0. The van der Waals surface area contributed by atoms with Gasteiger partial charge in [-0.15, -0.1) is 0 Å². The molecule has 12 heteroatoms. The van der Waals surface area contributed by atoms with Crippen LogP contribution in [0.4, 0.5) is 13.2 Å². The lowest BCUT2D eigenvalue weighted by Gasteiger charge is -2.34. The zero-order chi connectivity index (χ0) is 29.9. The third kappa shape index (κ3) is 11.4. The van der Waals surface area contributed by atoms with Gasteiger partial charge in [0, 0.05) is 13.3 Å². The van der Waals surface area contributed by atoms with E-state index in [4.69, 9.17) is 21.1 Å². The zero-order valence-electron chi connectivity index (χ0n) is 23.3. The van der Waals surface area contributed by atoms with E-state index >= 15 is 0 Å². The Morgan fingerprint density at radius 2 is 1.50 bits per heavy atom. The van der Waals surface area contributed by atoms with Crippen LogP contribution in [-0.2, 0) is 33.4 Å². The lowest BCUT2D eigenvalue weighted by molar-refractivity contribution is -0.199. The lowest BCUT2D eigenvalue weighted by Crippen LogP contribution is -2.50. The molecule has 0 aliphatic carbocycles. The molecule has 8 nitrogen and oxygen atoms in total. The minimum atomic E-state index is -4.42. The quantitative estimate of drug-likeness (QED) is 0.0908. The van der Waals surface area contributed by atoms with E-state index in [1.807, 2.05) is 6.92 Å². The van der Waals surface area contributed by atoms with E-state index in [2.05, 4.69) is 4.74 Å². The summed E-state index contributed by atoms with van der Waals surface area (Å²) in [5, 5.41) is 6.23. The summed E-state index contributed by atoms with van der Waals surface area (Å²) in [6, 6.07) is 0. The van der Waals surface area contributed by atoms with E-state index < -0.39 is 77.2 Å². The van der Waals surface area contributed by atoms with Gasteiger partial charge in [-0.3, -0.25) is 19.2 Å². The van der Waals surface area contributed by atoms with Crippen LogP contribution in [0.5, 0.6) is 0 Å². The van der Waals surface area contributed by atoms with Gasteiger partial charge in [-0.25, -0.2) is 4.39 Å². The standard InChI is InChI=1S/C26H42ClF3O8/c1-8-11-12-36-22(34)18(15-20(37-16(4)31)26(29,30)25(7,27)28)13-17(21(32)33)14-19(9-2)38-23(35)24(5,6)10-3/h17-20H,8-15H2,1-7H3,(H,32,33). The SMILES string of the molecule is CCCCOC(=O)C(CC(CC(CC)OC(=O)C(C)(C)CC)C(=O)O)CC(OC(C)=O)C(F)(F)C(C)(F)Cl. The fourth-order valence-electron chi connectivity index (χ4n) is 3.45. The molecule has 0 radical (unpaired) electrons. The van der Waals surface area contributed by atoms with Crippen molar-refractivity contribution in [3.05, 3.63) is 0 Å². The van der Waals surface area contributed by atoms with E-state index in [-0.39, 0.29) is 19.4 Å². The van der Waals surface area contributed by atoms with Gasteiger partial charge in [-0.2, -0.15) is 8.78 Å². The van der Waals surface area contributed by atoms with Gasteiger partial charge in [0.25, 0.3) is 0 Å². The molecule has 0 aliphatic heterocycles. The molecule has 0 rings (SSSR count). The predicted molar refractivity (Wildman–Crippen MR) is 134 cm³/mol. The monoisotopic (exact) mass is 574 g/mol. The number of hydrogen-bond donors (Lipinski definition) is 1. The molecule has 0 aromatic rings. The minimum Gasteiger partial charge on any atom is -0.481 e. The average molecular weight is 575 g/mol. The number of carboxylic acids is 1. The molecule has 0 aromatic carbocycles. The lowest BCUT2D eigenvalue weighted by atomic mass is 9.85. The maximum atomic E-state index is 14.8. The Morgan fingerprint density at radius 3 is 1.92 bits per heavy atom. The molecule has 0 aliphatic rings. The van der Waals surface area contributed by atoms with Crippen LogP contribution in [0.1, 0.15) is 93.4 Å². The first-order chi connectivity index (χ1) is 17.3. The van der Waals surface area contributed by atoms with Gasteiger partial charge in [-0.1, -0.05) is 38.8 Å². The Labute approximate surface area is 227 Å². The van der Waals surface area contributed by atoms with Gasteiger partial charge in [0.2, 0.25) is 5.13 Å². The number of carbonyl (C=O) groups is 4. The van der Waals surface area contributed by atoms with Crippen LogP contribution >= 0.6 is 11.6 Å². The third-order valence-electron chi connectivity index (χ3n) is 6.50.